The summed E-state index contributed by atoms with van der Waals surface area (Å²) in [5.74, 6) is 0. The Labute approximate surface area is 101 Å². The van der Waals surface area contributed by atoms with Gasteiger partial charge in [0.25, 0.3) is 0 Å². The first-order chi connectivity index (χ1) is 7.70. The van der Waals surface area contributed by atoms with Crippen molar-refractivity contribution < 1.29 is 0 Å². The van der Waals surface area contributed by atoms with Crippen LogP contribution in [0.15, 0.2) is 42.0 Å². The second kappa shape index (κ2) is 10.4. The number of allylic oxidation sites excluding steroid dienone is 2. The fraction of sp³-hybridized carbons (Fsp3) is 0.467. The largest absolute Gasteiger partial charge is 0.320 e. The molecule has 1 nitrogen and oxygen atoms in total. The second-order valence-electron chi connectivity index (χ2n) is 4.06. The summed E-state index contributed by atoms with van der Waals surface area (Å²) in [5.41, 5.74) is 2.81. The van der Waals surface area contributed by atoms with Crippen molar-refractivity contribution in [3.63, 3.8) is 0 Å². The Morgan fingerprint density at radius 3 is 2.19 bits per heavy atom. The Morgan fingerprint density at radius 1 is 1.19 bits per heavy atom. The molecule has 1 aromatic rings. The summed E-state index contributed by atoms with van der Waals surface area (Å²) in [6.45, 7) is 7.31. The minimum absolute atomic E-state index is 1.11. The van der Waals surface area contributed by atoms with Crippen molar-refractivity contribution in [1.82, 2.24) is 5.32 Å². The topological polar surface area (TPSA) is 12.0 Å². The molecule has 1 heteroatoms. The van der Waals surface area contributed by atoms with Crippen LogP contribution in [-0.4, -0.2) is 13.6 Å². The third kappa shape index (κ3) is 9.47. The van der Waals surface area contributed by atoms with Crippen LogP contribution >= 0.6 is 0 Å². The Kier molecular flexibility index (Phi) is 9.73. The van der Waals surface area contributed by atoms with Crippen LogP contribution in [0.4, 0.5) is 0 Å². The Morgan fingerprint density at radius 2 is 1.75 bits per heavy atom. The molecule has 1 rings (SSSR count). The second-order valence-corrected chi connectivity index (χ2v) is 4.06. The average molecular weight is 219 g/mol. The van der Waals surface area contributed by atoms with E-state index in [1.54, 1.807) is 0 Å². The molecule has 0 aliphatic rings. The summed E-state index contributed by atoms with van der Waals surface area (Å²) in [6.07, 6.45) is 4.49. The lowest BCUT2D eigenvalue weighted by Gasteiger charge is -1.99. The van der Waals surface area contributed by atoms with Gasteiger partial charge in [-0.2, -0.15) is 0 Å². The van der Waals surface area contributed by atoms with E-state index in [4.69, 9.17) is 0 Å². The summed E-state index contributed by atoms with van der Waals surface area (Å²) in [5, 5.41) is 3.14. The monoisotopic (exact) mass is 219 g/mol. The Bertz CT molecular complexity index is 271. The molecule has 16 heavy (non-hydrogen) atoms. The van der Waals surface area contributed by atoms with Gasteiger partial charge in [-0.15, -0.1) is 0 Å². The lowest BCUT2D eigenvalue weighted by molar-refractivity contribution is 0.725. The zero-order valence-electron chi connectivity index (χ0n) is 11.1. The van der Waals surface area contributed by atoms with Crippen LogP contribution in [0.25, 0.3) is 0 Å². The lowest BCUT2D eigenvalue weighted by atomic mass is 10.1. The van der Waals surface area contributed by atoms with E-state index in [0.29, 0.717) is 0 Å². The van der Waals surface area contributed by atoms with Crippen molar-refractivity contribution in [1.29, 1.82) is 0 Å². The molecular weight excluding hydrogens is 194 g/mol. The van der Waals surface area contributed by atoms with Gasteiger partial charge in [0.2, 0.25) is 0 Å². The molecule has 90 valence electrons. The maximum absolute atomic E-state index is 3.14. The van der Waals surface area contributed by atoms with Gasteiger partial charge in [0.05, 0.1) is 0 Å². The molecule has 0 saturated carbocycles. The highest BCUT2D eigenvalue weighted by atomic mass is 14.8. The number of hydrogen-bond donors (Lipinski definition) is 1. The van der Waals surface area contributed by atoms with Gasteiger partial charge in [-0.25, -0.2) is 0 Å². The molecule has 1 N–H and O–H groups in total. The van der Waals surface area contributed by atoms with Gasteiger partial charge >= 0.3 is 0 Å². The number of rotatable bonds is 4. The van der Waals surface area contributed by atoms with Gasteiger partial charge < -0.3 is 5.32 Å². The fourth-order valence-corrected chi connectivity index (χ4v) is 1.11. The van der Waals surface area contributed by atoms with Gasteiger partial charge in [-0.1, -0.05) is 42.0 Å². The van der Waals surface area contributed by atoms with Gasteiger partial charge in [-0.05, 0) is 52.8 Å². The van der Waals surface area contributed by atoms with Crippen LogP contribution < -0.4 is 5.32 Å². The maximum atomic E-state index is 3.14. The third-order valence-corrected chi connectivity index (χ3v) is 2.31. The molecule has 0 saturated heterocycles. The molecule has 0 aromatic heterocycles. The molecule has 1 aromatic carbocycles. The van der Waals surface area contributed by atoms with Crippen molar-refractivity contribution in [3.05, 3.63) is 47.5 Å². The van der Waals surface area contributed by atoms with E-state index in [-0.39, 0.29) is 0 Å². The standard InChI is InChI=1S/C10H15N.C5H10/c1-11-9-5-8-10-6-3-2-4-7-10;1-4-5(2)3/h2-4,6-7,11H,5,8-9H2,1H3;4H,1-3H3. The third-order valence-electron chi connectivity index (χ3n) is 2.31. The van der Waals surface area contributed by atoms with E-state index in [1.807, 2.05) is 14.0 Å². The molecule has 0 unspecified atom stereocenters. The first-order valence-electron chi connectivity index (χ1n) is 5.98. The van der Waals surface area contributed by atoms with Crippen molar-refractivity contribution in [3.8, 4) is 0 Å². The van der Waals surface area contributed by atoms with Gasteiger partial charge in [0, 0.05) is 0 Å². The molecule has 0 amide bonds. The van der Waals surface area contributed by atoms with Gasteiger partial charge in [-0.3, -0.25) is 0 Å². The molecular formula is C15H25N. The van der Waals surface area contributed by atoms with Gasteiger partial charge in [0.15, 0.2) is 0 Å². The molecule has 0 atom stereocenters. The Hall–Kier alpha value is -1.08. The normalized spacial score (nSPS) is 9.00. The molecule has 0 bridgehead atoms. The van der Waals surface area contributed by atoms with Gasteiger partial charge in [0.1, 0.15) is 0 Å². The van der Waals surface area contributed by atoms with Crippen LogP contribution in [0, 0.1) is 0 Å². The predicted octanol–water partition coefficient (Wildman–Crippen LogP) is 3.81. The molecule has 0 aliphatic carbocycles. The molecule has 0 aliphatic heterocycles. The van der Waals surface area contributed by atoms with Crippen molar-refractivity contribution in [2.75, 3.05) is 13.6 Å². The molecule has 0 radical (unpaired) electrons. The average Bonchev–Trinajstić information content (AvgIpc) is 2.31. The fourth-order valence-electron chi connectivity index (χ4n) is 1.11. The zero-order chi connectivity index (χ0) is 12.2. The van der Waals surface area contributed by atoms with Crippen molar-refractivity contribution >= 4 is 0 Å². The molecule has 0 fully saturated rings. The maximum Gasteiger partial charge on any atom is -0.00488 e. The van der Waals surface area contributed by atoms with Crippen LogP contribution in [-0.2, 0) is 6.42 Å². The summed E-state index contributed by atoms with van der Waals surface area (Å²) >= 11 is 0. The first kappa shape index (κ1) is 14.9. The smallest absolute Gasteiger partial charge is 0.00488 e. The number of hydrogen-bond acceptors (Lipinski definition) is 1. The number of nitrogens with one attached hydrogen (secondary N) is 1. The summed E-state index contributed by atoms with van der Waals surface area (Å²) in [6, 6.07) is 10.6. The van der Waals surface area contributed by atoms with E-state index in [9.17, 15) is 0 Å². The van der Waals surface area contributed by atoms with E-state index in [0.717, 1.165) is 6.54 Å². The van der Waals surface area contributed by atoms with E-state index in [2.05, 4.69) is 55.6 Å². The molecule has 0 heterocycles. The summed E-state index contributed by atoms with van der Waals surface area (Å²) in [4.78, 5) is 0. The number of aryl methyl sites for hydroxylation is 1. The zero-order valence-corrected chi connectivity index (χ0v) is 11.1. The highest BCUT2D eigenvalue weighted by Crippen LogP contribution is 2.00. The minimum atomic E-state index is 1.11. The lowest BCUT2D eigenvalue weighted by Crippen LogP contribution is -2.08. The van der Waals surface area contributed by atoms with Crippen LogP contribution in [0.5, 0.6) is 0 Å². The van der Waals surface area contributed by atoms with Crippen LogP contribution in [0.3, 0.4) is 0 Å². The van der Waals surface area contributed by atoms with Crippen molar-refractivity contribution in [2.24, 2.45) is 0 Å². The van der Waals surface area contributed by atoms with E-state index in [1.165, 1.54) is 24.0 Å². The van der Waals surface area contributed by atoms with Crippen molar-refractivity contribution in [2.45, 2.75) is 33.6 Å². The molecule has 0 spiro atoms. The van der Waals surface area contributed by atoms with Crippen LogP contribution in [0.1, 0.15) is 32.8 Å². The first-order valence-corrected chi connectivity index (χ1v) is 5.98. The van der Waals surface area contributed by atoms with Crippen LogP contribution in [0.2, 0.25) is 0 Å². The van der Waals surface area contributed by atoms with E-state index < -0.39 is 0 Å². The Balaban J connectivity index is 0.000000385. The van der Waals surface area contributed by atoms with E-state index >= 15 is 0 Å². The summed E-state index contributed by atoms with van der Waals surface area (Å²) in [7, 11) is 1.99. The highest BCUT2D eigenvalue weighted by Gasteiger charge is 1.88. The minimum Gasteiger partial charge on any atom is -0.320 e. The quantitative estimate of drug-likeness (QED) is 0.600. The SMILES string of the molecule is CC=C(C)C.CNCCCc1ccccc1. The highest BCUT2D eigenvalue weighted by molar-refractivity contribution is 5.14. The predicted molar refractivity (Wildman–Crippen MR) is 73.8 cm³/mol. The summed E-state index contributed by atoms with van der Waals surface area (Å²) < 4.78 is 0. The number of benzene rings is 1.